The van der Waals surface area contributed by atoms with Crippen molar-refractivity contribution in [1.82, 2.24) is 9.97 Å². The number of nitriles is 1. The molecule has 0 aromatic carbocycles. The quantitative estimate of drug-likeness (QED) is 0.468. The second-order valence-corrected chi connectivity index (χ2v) is 3.71. The zero-order chi connectivity index (χ0) is 14.4. The predicted octanol–water partition coefficient (Wildman–Crippen LogP) is 0.267. The van der Waals surface area contributed by atoms with Gasteiger partial charge in [0.15, 0.2) is 12.3 Å². The highest BCUT2D eigenvalue weighted by Gasteiger charge is 2.16. The maximum absolute atomic E-state index is 11.5. The number of ether oxygens (including phenoxy) is 1. The van der Waals surface area contributed by atoms with Crippen LogP contribution in [0, 0.1) is 18.3 Å². The predicted molar refractivity (Wildman–Crippen MR) is 64.6 cm³/mol. The van der Waals surface area contributed by atoms with Gasteiger partial charge in [0.25, 0.3) is 0 Å². The summed E-state index contributed by atoms with van der Waals surface area (Å²) in [6.45, 7) is 2.58. The van der Waals surface area contributed by atoms with Crippen molar-refractivity contribution in [3.05, 3.63) is 35.1 Å². The van der Waals surface area contributed by atoms with Crippen LogP contribution in [-0.2, 0) is 9.53 Å². The Bertz CT molecular complexity index is 566. The Morgan fingerprint density at radius 3 is 2.58 bits per heavy atom. The molecule has 2 N–H and O–H groups in total. The van der Waals surface area contributed by atoms with Crippen LogP contribution in [0.25, 0.3) is 0 Å². The van der Waals surface area contributed by atoms with E-state index in [9.17, 15) is 9.59 Å². The molecule has 0 aliphatic carbocycles. The largest absolute Gasteiger partial charge is 0.452 e. The van der Waals surface area contributed by atoms with Crippen LogP contribution in [0.2, 0.25) is 0 Å². The lowest BCUT2D eigenvalue weighted by molar-refractivity contribution is -0.118. The van der Waals surface area contributed by atoms with Crippen LogP contribution in [-0.4, -0.2) is 28.3 Å². The summed E-state index contributed by atoms with van der Waals surface area (Å²) in [6, 6.07) is 1.66. The average Bonchev–Trinajstić information content (AvgIpc) is 2.37. The van der Waals surface area contributed by atoms with Gasteiger partial charge in [-0.05, 0) is 13.8 Å². The minimum Gasteiger partial charge on any atom is -0.452 e. The molecule has 0 saturated heterocycles. The molecule has 0 aliphatic heterocycles. The Kier molecular flexibility index (Phi) is 4.71. The van der Waals surface area contributed by atoms with Gasteiger partial charge in [-0.15, -0.1) is 0 Å². The zero-order valence-electron chi connectivity index (χ0n) is 10.5. The summed E-state index contributed by atoms with van der Waals surface area (Å²) in [7, 11) is 0. The number of esters is 1. The van der Waals surface area contributed by atoms with Crippen molar-refractivity contribution < 1.29 is 14.3 Å². The van der Waals surface area contributed by atoms with Gasteiger partial charge in [0.1, 0.15) is 11.6 Å². The lowest BCUT2D eigenvalue weighted by Crippen LogP contribution is -2.18. The summed E-state index contributed by atoms with van der Waals surface area (Å²) in [5.41, 5.74) is 5.86. The summed E-state index contributed by atoms with van der Waals surface area (Å²) >= 11 is 0. The number of rotatable bonds is 4. The fraction of sp³-hybridized carbons (Fsp3) is 0.250. The monoisotopic (exact) mass is 260 g/mol. The topological polar surface area (TPSA) is 119 Å². The Balaban J connectivity index is 2.66. The number of nitrogens with zero attached hydrogens (tertiary/aromatic N) is 3. The van der Waals surface area contributed by atoms with Gasteiger partial charge in [0.2, 0.25) is 5.78 Å². The van der Waals surface area contributed by atoms with Gasteiger partial charge in [-0.2, -0.15) is 5.26 Å². The highest BCUT2D eigenvalue weighted by Crippen LogP contribution is 2.02. The van der Waals surface area contributed by atoms with Gasteiger partial charge in [0, 0.05) is 11.9 Å². The van der Waals surface area contributed by atoms with E-state index in [1.165, 1.54) is 19.3 Å². The van der Waals surface area contributed by atoms with Crippen LogP contribution < -0.4 is 5.73 Å². The van der Waals surface area contributed by atoms with E-state index < -0.39 is 18.4 Å². The van der Waals surface area contributed by atoms with Crippen LogP contribution in [0.5, 0.6) is 0 Å². The number of ketones is 1. The second-order valence-electron chi connectivity index (χ2n) is 3.71. The first-order chi connectivity index (χ1) is 8.95. The van der Waals surface area contributed by atoms with Crippen LogP contribution in [0.4, 0.5) is 0 Å². The molecule has 1 aromatic heterocycles. The first-order valence-corrected chi connectivity index (χ1v) is 5.31. The molecule has 0 spiro atoms. The van der Waals surface area contributed by atoms with E-state index in [0.717, 1.165) is 0 Å². The fourth-order valence-electron chi connectivity index (χ4n) is 1.15. The van der Waals surface area contributed by atoms with Crippen LogP contribution in [0.1, 0.15) is 23.1 Å². The maximum atomic E-state index is 11.5. The zero-order valence-corrected chi connectivity index (χ0v) is 10.5. The molecule has 0 unspecified atom stereocenters. The summed E-state index contributed by atoms with van der Waals surface area (Å²) in [4.78, 5) is 30.7. The van der Waals surface area contributed by atoms with Gasteiger partial charge >= 0.3 is 5.97 Å². The Hall–Kier alpha value is -2.75. The van der Waals surface area contributed by atoms with E-state index >= 15 is 0 Å². The standard InChI is InChI=1S/C12H12N4O3/c1-7-4-16-10(5-15-7)12(18)19-6-11(17)9(3-13)8(2)14/h4-5H,6,14H2,1-2H3. The van der Waals surface area contributed by atoms with Crippen molar-refractivity contribution in [1.29, 1.82) is 5.26 Å². The van der Waals surface area contributed by atoms with E-state index in [4.69, 9.17) is 15.7 Å². The van der Waals surface area contributed by atoms with Gasteiger partial charge in [0.05, 0.1) is 11.9 Å². The maximum Gasteiger partial charge on any atom is 0.358 e. The Labute approximate surface area is 109 Å². The third-order valence-electron chi connectivity index (χ3n) is 2.11. The van der Waals surface area contributed by atoms with E-state index in [0.29, 0.717) is 5.69 Å². The molecule has 0 amide bonds. The molecular formula is C12H12N4O3. The lowest BCUT2D eigenvalue weighted by Gasteiger charge is -2.03. The average molecular weight is 260 g/mol. The number of carbonyl (C=O) groups excluding carboxylic acids is 2. The molecule has 98 valence electrons. The molecule has 19 heavy (non-hydrogen) atoms. The molecule has 7 heteroatoms. The number of aryl methyl sites for hydroxylation is 1. The molecule has 0 saturated carbocycles. The van der Waals surface area contributed by atoms with Crippen LogP contribution in [0.3, 0.4) is 0 Å². The minimum absolute atomic E-state index is 0.00893. The van der Waals surface area contributed by atoms with Gasteiger partial charge < -0.3 is 10.5 Å². The van der Waals surface area contributed by atoms with Gasteiger partial charge in [-0.1, -0.05) is 0 Å². The molecule has 1 heterocycles. The van der Waals surface area contributed by atoms with Crippen molar-refractivity contribution in [3.8, 4) is 6.07 Å². The summed E-state index contributed by atoms with van der Waals surface area (Å²) in [6.07, 6.45) is 2.65. The van der Waals surface area contributed by atoms with Crippen molar-refractivity contribution in [3.63, 3.8) is 0 Å². The third kappa shape index (κ3) is 3.89. The number of hydrogen-bond acceptors (Lipinski definition) is 7. The van der Waals surface area contributed by atoms with Crippen LogP contribution >= 0.6 is 0 Å². The van der Waals surface area contributed by atoms with E-state index in [1.807, 2.05) is 0 Å². The van der Waals surface area contributed by atoms with Crippen molar-refractivity contribution in [2.24, 2.45) is 5.73 Å². The summed E-state index contributed by atoms with van der Waals surface area (Å²) in [5.74, 6) is -1.44. The number of carbonyl (C=O) groups is 2. The van der Waals surface area contributed by atoms with Crippen molar-refractivity contribution >= 4 is 11.8 Å². The number of allylic oxidation sites excluding steroid dienone is 1. The van der Waals surface area contributed by atoms with Gasteiger partial charge in [-0.25, -0.2) is 9.78 Å². The molecule has 7 nitrogen and oxygen atoms in total. The normalized spacial score (nSPS) is 11.2. The first-order valence-electron chi connectivity index (χ1n) is 5.31. The van der Waals surface area contributed by atoms with E-state index in [-0.39, 0.29) is 17.0 Å². The lowest BCUT2D eigenvalue weighted by atomic mass is 10.1. The SMILES string of the molecule is CC(N)=C(C#N)C(=O)COC(=O)c1cnc(C)cn1. The molecule has 0 bridgehead atoms. The van der Waals surface area contributed by atoms with E-state index in [1.54, 1.807) is 13.0 Å². The molecule has 0 fully saturated rings. The molecule has 1 rings (SSSR count). The molecule has 0 radical (unpaired) electrons. The number of hydrogen-bond donors (Lipinski definition) is 1. The van der Waals surface area contributed by atoms with Crippen LogP contribution in [0.15, 0.2) is 23.7 Å². The molecular weight excluding hydrogens is 248 g/mol. The number of aromatic nitrogens is 2. The minimum atomic E-state index is -0.784. The smallest absolute Gasteiger partial charge is 0.358 e. The molecule has 0 aliphatic rings. The van der Waals surface area contributed by atoms with E-state index in [2.05, 4.69) is 9.97 Å². The summed E-state index contributed by atoms with van der Waals surface area (Å²) < 4.78 is 4.73. The van der Waals surface area contributed by atoms with Crippen molar-refractivity contribution in [2.45, 2.75) is 13.8 Å². The highest BCUT2D eigenvalue weighted by atomic mass is 16.5. The number of Topliss-reactive ketones (excluding diaryl/α,β-unsaturated/α-hetero) is 1. The Morgan fingerprint density at radius 1 is 1.42 bits per heavy atom. The summed E-state index contributed by atoms with van der Waals surface area (Å²) in [5, 5.41) is 8.71. The number of nitrogens with two attached hydrogens (primary N) is 1. The van der Waals surface area contributed by atoms with Gasteiger partial charge in [-0.3, -0.25) is 9.78 Å². The molecule has 0 atom stereocenters. The Morgan fingerprint density at radius 2 is 2.11 bits per heavy atom. The highest BCUT2D eigenvalue weighted by molar-refractivity contribution is 6.01. The fourth-order valence-corrected chi connectivity index (χ4v) is 1.15. The second kappa shape index (κ2) is 6.26. The third-order valence-corrected chi connectivity index (χ3v) is 2.11. The molecule has 1 aromatic rings. The van der Waals surface area contributed by atoms with Crippen molar-refractivity contribution in [2.75, 3.05) is 6.61 Å². The first kappa shape index (κ1) is 14.3.